The standard InChI is InChI=1S/C14H18ClNO3/c15-12-5-10-1-3-19-13(10)11(6-12)7-16-8-14(17)2-4-18-9-14/h5-6,16-17H,1-4,7-9H2. The van der Waals surface area contributed by atoms with Crippen LogP contribution in [0.25, 0.3) is 0 Å². The summed E-state index contributed by atoms with van der Waals surface area (Å²) in [7, 11) is 0. The molecule has 2 heterocycles. The maximum atomic E-state index is 10.2. The van der Waals surface area contributed by atoms with Gasteiger partial charge in [0.2, 0.25) is 0 Å². The van der Waals surface area contributed by atoms with Gasteiger partial charge in [0.1, 0.15) is 11.4 Å². The molecular weight excluding hydrogens is 266 g/mol. The average Bonchev–Trinajstić information content (AvgIpc) is 2.98. The smallest absolute Gasteiger partial charge is 0.127 e. The normalized spacial score (nSPS) is 25.4. The highest BCUT2D eigenvalue weighted by Gasteiger charge is 2.31. The van der Waals surface area contributed by atoms with Crippen LogP contribution in [0.2, 0.25) is 5.02 Å². The van der Waals surface area contributed by atoms with E-state index >= 15 is 0 Å². The van der Waals surface area contributed by atoms with Gasteiger partial charge in [-0.05, 0) is 17.7 Å². The number of nitrogens with one attached hydrogen (secondary N) is 1. The quantitative estimate of drug-likeness (QED) is 0.880. The number of hydrogen-bond acceptors (Lipinski definition) is 4. The lowest BCUT2D eigenvalue weighted by Crippen LogP contribution is -2.40. The minimum atomic E-state index is -0.734. The van der Waals surface area contributed by atoms with Crippen molar-refractivity contribution < 1.29 is 14.6 Å². The molecule has 3 rings (SSSR count). The highest BCUT2D eigenvalue weighted by Crippen LogP contribution is 2.32. The second-order valence-corrected chi connectivity index (χ2v) is 5.72. The number of fused-ring (bicyclic) bond motifs is 1. The molecule has 19 heavy (non-hydrogen) atoms. The van der Waals surface area contributed by atoms with Crippen molar-refractivity contribution in [2.75, 3.05) is 26.4 Å². The first-order valence-corrected chi connectivity index (χ1v) is 6.99. The summed E-state index contributed by atoms with van der Waals surface area (Å²) in [6.45, 7) is 2.93. The van der Waals surface area contributed by atoms with E-state index in [0.29, 0.717) is 32.7 Å². The zero-order chi connectivity index (χ0) is 13.3. The summed E-state index contributed by atoms with van der Waals surface area (Å²) < 4.78 is 10.9. The fourth-order valence-electron chi connectivity index (χ4n) is 2.64. The van der Waals surface area contributed by atoms with E-state index in [1.807, 2.05) is 12.1 Å². The van der Waals surface area contributed by atoms with Crippen molar-refractivity contribution in [3.05, 3.63) is 28.3 Å². The van der Waals surface area contributed by atoms with E-state index in [9.17, 15) is 5.11 Å². The Labute approximate surface area is 117 Å². The first-order valence-electron chi connectivity index (χ1n) is 6.61. The molecule has 0 aliphatic carbocycles. The van der Waals surface area contributed by atoms with Crippen molar-refractivity contribution >= 4 is 11.6 Å². The monoisotopic (exact) mass is 283 g/mol. The molecule has 0 saturated carbocycles. The highest BCUT2D eigenvalue weighted by atomic mass is 35.5. The molecule has 5 heteroatoms. The number of halogens is 1. The number of benzene rings is 1. The fourth-order valence-corrected chi connectivity index (χ4v) is 2.91. The van der Waals surface area contributed by atoms with Crippen LogP contribution in [0.4, 0.5) is 0 Å². The summed E-state index contributed by atoms with van der Waals surface area (Å²) in [6, 6.07) is 3.89. The zero-order valence-electron chi connectivity index (χ0n) is 10.7. The molecule has 1 atom stereocenters. The SMILES string of the molecule is OC1(CNCc2cc(Cl)cc3c2OCC3)CCOC1. The Hall–Kier alpha value is -0.810. The lowest BCUT2D eigenvalue weighted by molar-refractivity contribution is 0.0268. The Morgan fingerprint density at radius 3 is 3.05 bits per heavy atom. The Bertz CT molecular complexity index is 472. The summed E-state index contributed by atoms with van der Waals surface area (Å²) >= 11 is 6.11. The molecule has 0 bridgehead atoms. The van der Waals surface area contributed by atoms with Crippen LogP contribution >= 0.6 is 11.6 Å². The molecule has 1 unspecified atom stereocenters. The number of aliphatic hydroxyl groups is 1. The van der Waals surface area contributed by atoms with Crippen molar-refractivity contribution in [2.45, 2.75) is 25.0 Å². The zero-order valence-corrected chi connectivity index (χ0v) is 11.5. The van der Waals surface area contributed by atoms with Gasteiger partial charge >= 0.3 is 0 Å². The Morgan fingerprint density at radius 2 is 2.26 bits per heavy atom. The molecule has 2 N–H and O–H groups in total. The molecule has 1 aromatic carbocycles. The van der Waals surface area contributed by atoms with Gasteiger partial charge in [0.25, 0.3) is 0 Å². The predicted molar refractivity (Wildman–Crippen MR) is 72.7 cm³/mol. The molecule has 1 saturated heterocycles. The summed E-state index contributed by atoms with van der Waals surface area (Å²) in [6.07, 6.45) is 1.60. The fraction of sp³-hybridized carbons (Fsp3) is 0.571. The molecule has 0 aromatic heterocycles. The molecule has 2 aliphatic heterocycles. The van der Waals surface area contributed by atoms with Crippen molar-refractivity contribution in [2.24, 2.45) is 0 Å². The summed E-state index contributed by atoms with van der Waals surface area (Å²) in [5.41, 5.74) is 1.50. The number of ether oxygens (including phenoxy) is 2. The van der Waals surface area contributed by atoms with Crippen molar-refractivity contribution in [1.82, 2.24) is 5.32 Å². The summed E-state index contributed by atoms with van der Waals surface area (Å²) in [5.74, 6) is 0.951. The topological polar surface area (TPSA) is 50.7 Å². The van der Waals surface area contributed by atoms with Gasteiger partial charge in [0.15, 0.2) is 0 Å². The van der Waals surface area contributed by atoms with Crippen LogP contribution in [-0.4, -0.2) is 37.1 Å². The van der Waals surface area contributed by atoms with E-state index < -0.39 is 5.60 Å². The van der Waals surface area contributed by atoms with E-state index in [2.05, 4.69) is 5.32 Å². The molecule has 0 spiro atoms. The summed E-state index contributed by atoms with van der Waals surface area (Å²) in [5, 5.41) is 14.2. The van der Waals surface area contributed by atoms with Gasteiger partial charge in [-0.1, -0.05) is 11.6 Å². The average molecular weight is 284 g/mol. The number of hydrogen-bond donors (Lipinski definition) is 2. The van der Waals surface area contributed by atoms with Crippen LogP contribution in [0, 0.1) is 0 Å². The van der Waals surface area contributed by atoms with Crippen molar-refractivity contribution in [3.8, 4) is 5.75 Å². The van der Waals surface area contributed by atoms with Crippen LogP contribution < -0.4 is 10.1 Å². The highest BCUT2D eigenvalue weighted by molar-refractivity contribution is 6.30. The van der Waals surface area contributed by atoms with Gasteiger partial charge in [0.05, 0.1) is 13.2 Å². The first-order chi connectivity index (χ1) is 9.16. The van der Waals surface area contributed by atoms with Crippen LogP contribution in [0.3, 0.4) is 0 Å². The van der Waals surface area contributed by atoms with Crippen LogP contribution in [0.15, 0.2) is 12.1 Å². The summed E-state index contributed by atoms with van der Waals surface area (Å²) in [4.78, 5) is 0. The first kappa shape index (κ1) is 13.2. The third-order valence-corrected chi connectivity index (χ3v) is 3.90. The van der Waals surface area contributed by atoms with Gasteiger partial charge < -0.3 is 19.9 Å². The lowest BCUT2D eigenvalue weighted by Gasteiger charge is -2.21. The van der Waals surface area contributed by atoms with E-state index in [0.717, 1.165) is 29.4 Å². The third-order valence-electron chi connectivity index (χ3n) is 3.68. The van der Waals surface area contributed by atoms with Gasteiger partial charge in [-0.25, -0.2) is 0 Å². The van der Waals surface area contributed by atoms with E-state index in [-0.39, 0.29) is 0 Å². The van der Waals surface area contributed by atoms with Crippen LogP contribution in [0.5, 0.6) is 5.75 Å². The third kappa shape index (κ3) is 2.87. The largest absolute Gasteiger partial charge is 0.493 e. The van der Waals surface area contributed by atoms with E-state index in [1.54, 1.807) is 0 Å². The number of rotatable bonds is 4. The van der Waals surface area contributed by atoms with Gasteiger partial charge in [-0.2, -0.15) is 0 Å². The predicted octanol–water partition coefficient (Wildman–Crippen LogP) is 1.52. The Kier molecular flexibility index (Phi) is 3.67. The second-order valence-electron chi connectivity index (χ2n) is 5.28. The van der Waals surface area contributed by atoms with Gasteiger partial charge in [0, 0.05) is 43.1 Å². The maximum absolute atomic E-state index is 10.2. The molecular formula is C14H18ClNO3. The minimum absolute atomic E-state index is 0.407. The van der Waals surface area contributed by atoms with Crippen LogP contribution in [0.1, 0.15) is 17.5 Å². The molecule has 0 amide bonds. The van der Waals surface area contributed by atoms with Gasteiger partial charge in [-0.15, -0.1) is 0 Å². The van der Waals surface area contributed by atoms with Crippen LogP contribution in [-0.2, 0) is 17.7 Å². The minimum Gasteiger partial charge on any atom is -0.493 e. The Morgan fingerprint density at radius 1 is 1.37 bits per heavy atom. The second kappa shape index (κ2) is 5.29. The molecule has 104 valence electrons. The Balaban J connectivity index is 1.64. The van der Waals surface area contributed by atoms with E-state index in [4.69, 9.17) is 21.1 Å². The van der Waals surface area contributed by atoms with E-state index in [1.165, 1.54) is 5.56 Å². The maximum Gasteiger partial charge on any atom is 0.127 e. The molecule has 1 fully saturated rings. The lowest BCUT2D eigenvalue weighted by atomic mass is 10.0. The van der Waals surface area contributed by atoms with Crippen molar-refractivity contribution in [1.29, 1.82) is 0 Å². The molecule has 2 aliphatic rings. The van der Waals surface area contributed by atoms with Gasteiger partial charge in [-0.3, -0.25) is 0 Å². The molecule has 1 aromatic rings. The molecule has 4 nitrogen and oxygen atoms in total. The molecule has 0 radical (unpaired) electrons. The van der Waals surface area contributed by atoms with Crippen molar-refractivity contribution in [3.63, 3.8) is 0 Å².